The number of aliphatic carboxylic acids is 1. The van der Waals surface area contributed by atoms with Crippen LogP contribution in [0.5, 0.6) is 0 Å². The first-order chi connectivity index (χ1) is 8.42. The highest BCUT2D eigenvalue weighted by molar-refractivity contribution is 5.76. The van der Waals surface area contributed by atoms with Gasteiger partial charge in [0.2, 0.25) is 0 Å². The lowest BCUT2D eigenvalue weighted by molar-refractivity contribution is -0.137. The molecule has 0 spiro atoms. The first kappa shape index (κ1) is 16.5. The second kappa shape index (κ2) is 8.55. The maximum absolute atomic E-state index is 12.0. The van der Waals surface area contributed by atoms with Crippen molar-refractivity contribution in [1.82, 2.24) is 10.2 Å². The Morgan fingerprint density at radius 1 is 1.44 bits per heavy atom. The van der Waals surface area contributed by atoms with E-state index in [1.165, 1.54) is 0 Å². The number of carbonyl (C=O) groups excluding carboxylic acids is 1. The van der Waals surface area contributed by atoms with E-state index >= 15 is 0 Å². The predicted octanol–water partition coefficient (Wildman–Crippen LogP) is 2.09. The van der Waals surface area contributed by atoms with Gasteiger partial charge in [0.15, 0.2) is 0 Å². The van der Waals surface area contributed by atoms with Crippen LogP contribution in [0, 0.1) is 5.92 Å². The van der Waals surface area contributed by atoms with Gasteiger partial charge in [0.1, 0.15) is 0 Å². The molecule has 104 valence electrons. The highest BCUT2D eigenvalue weighted by atomic mass is 16.4. The lowest BCUT2D eigenvalue weighted by Gasteiger charge is -2.26. The summed E-state index contributed by atoms with van der Waals surface area (Å²) in [6.45, 7) is 10.5. The fourth-order valence-electron chi connectivity index (χ4n) is 1.59. The third-order valence-electron chi connectivity index (χ3n) is 2.64. The van der Waals surface area contributed by atoms with Gasteiger partial charge in [-0.2, -0.15) is 0 Å². The summed E-state index contributed by atoms with van der Waals surface area (Å²) in [4.78, 5) is 24.4. The Bertz CT molecular complexity index is 290. The van der Waals surface area contributed by atoms with Crippen molar-refractivity contribution < 1.29 is 14.7 Å². The van der Waals surface area contributed by atoms with Crippen molar-refractivity contribution in [1.29, 1.82) is 0 Å². The van der Waals surface area contributed by atoms with Gasteiger partial charge in [-0.05, 0) is 12.3 Å². The maximum Gasteiger partial charge on any atom is 0.317 e. The number of nitrogens with zero attached hydrogens (tertiary/aromatic N) is 1. The van der Waals surface area contributed by atoms with Crippen molar-refractivity contribution >= 4 is 12.0 Å². The fourth-order valence-corrected chi connectivity index (χ4v) is 1.59. The van der Waals surface area contributed by atoms with E-state index in [1.54, 1.807) is 11.0 Å². The molecule has 0 aliphatic rings. The van der Waals surface area contributed by atoms with E-state index in [-0.39, 0.29) is 24.4 Å². The Kier molecular flexibility index (Phi) is 7.83. The van der Waals surface area contributed by atoms with Crippen molar-refractivity contribution in [2.45, 2.75) is 39.7 Å². The monoisotopic (exact) mass is 256 g/mol. The smallest absolute Gasteiger partial charge is 0.317 e. The predicted molar refractivity (Wildman–Crippen MR) is 71.5 cm³/mol. The van der Waals surface area contributed by atoms with Crippen molar-refractivity contribution in [3.63, 3.8) is 0 Å². The summed E-state index contributed by atoms with van der Waals surface area (Å²) >= 11 is 0. The maximum atomic E-state index is 12.0. The van der Waals surface area contributed by atoms with Crippen LogP contribution in [0.15, 0.2) is 12.7 Å². The number of carboxylic acid groups (broad SMARTS) is 1. The van der Waals surface area contributed by atoms with Crippen LogP contribution in [0.1, 0.15) is 33.6 Å². The quantitative estimate of drug-likeness (QED) is 0.653. The highest BCUT2D eigenvalue weighted by Gasteiger charge is 2.21. The number of rotatable bonds is 8. The second-order valence-corrected chi connectivity index (χ2v) is 4.63. The van der Waals surface area contributed by atoms with Crippen LogP contribution in [-0.2, 0) is 4.79 Å². The number of urea groups is 1. The number of hydrogen-bond donors (Lipinski definition) is 2. The molecule has 2 amide bonds. The summed E-state index contributed by atoms with van der Waals surface area (Å²) in [5.74, 6) is -0.822. The van der Waals surface area contributed by atoms with E-state index in [0.29, 0.717) is 13.1 Å². The molecule has 2 N–H and O–H groups in total. The summed E-state index contributed by atoms with van der Waals surface area (Å²) < 4.78 is 0. The summed E-state index contributed by atoms with van der Waals surface area (Å²) in [6.07, 6.45) is 2.46. The molecule has 1 unspecified atom stereocenters. The van der Waals surface area contributed by atoms with Gasteiger partial charge in [-0.3, -0.25) is 4.79 Å². The molecule has 1 atom stereocenters. The van der Waals surface area contributed by atoms with Crippen molar-refractivity contribution in [2.24, 2.45) is 5.92 Å². The Morgan fingerprint density at radius 3 is 2.44 bits per heavy atom. The van der Waals surface area contributed by atoms with E-state index in [2.05, 4.69) is 11.9 Å². The standard InChI is InChI=1S/C13H24N2O3/c1-5-7-15(8-6-2)13(18)14-11(10(3)4)9-12(16)17/h5,10-11H,1,6-9H2,2-4H3,(H,14,18)(H,16,17). The molecule has 0 fully saturated rings. The van der Waals surface area contributed by atoms with E-state index in [4.69, 9.17) is 5.11 Å². The number of hydrogen-bond acceptors (Lipinski definition) is 2. The van der Waals surface area contributed by atoms with Gasteiger partial charge in [-0.15, -0.1) is 6.58 Å². The zero-order valence-corrected chi connectivity index (χ0v) is 11.5. The van der Waals surface area contributed by atoms with Crippen LogP contribution in [0.25, 0.3) is 0 Å². The minimum atomic E-state index is -0.903. The molecular weight excluding hydrogens is 232 g/mol. The normalized spacial score (nSPS) is 12.0. The van der Waals surface area contributed by atoms with Gasteiger partial charge in [0, 0.05) is 19.1 Å². The van der Waals surface area contributed by atoms with Crippen LogP contribution in [0.4, 0.5) is 4.79 Å². The molecule has 0 saturated carbocycles. The first-order valence-electron chi connectivity index (χ1n) is 6.30. The van der Waals surface area contributed by atoms with E-state index in [9.17, 15) is 9.59 Å². The molecule has 0 radical (unpaired) electrons. The molecule has 0 aromatic rings. The molecule has 5 nitrogen and oxygen atoms in total. The fraction of sp³-hybridized carbons (Fsp3) is 0.692. The third kappa shape index (κ3) is 6.27. The first-order valence-corrected chi connectivity index (χ1v) is 6.30. The summed E-state index contributed by atoms with van der Waals surface area (Å²) in [7, 11) is 0. The zero-order valence-electron chi connectivity index (χ0n) is 11.5. The molecule has 0 rings (SSSR count). The lowest BCUT2D eigenvalue weighted by atomic mass is 10.0. The Hall–Kier alpha value is -1.52. The number of carboxylic acids is 1. The van der Waals surface area contributed by atoms with Crippen molar-refractivity contribution in [3.8, 4) is 0 Å². The number of nitrogens with one attached hydrogen (secondary N) is 1. The molecule has 0 aromatic heterocycles. The zero-order chi connectivity index (χ0) is 14.1. The van der Waals surface area contributed by atoms with E-state index < -0.39 is 5.97 Å². The molecular formula is C13H24N2O3. The van der Waals surface area contributed by atoms with Crippen LogP contribution in [0.3, 0.4) is 0 Å². The largest absolute Gasteiger partial charge is 0.481 e. The topological polar surface area (TPSA) is 69.6 Å². The Labute approximate surface area is 109 Å². The molecule has 18 heavy (non-hydrogen) atoms. The van der Waals surface area contributed by atoms with Crippen LogP contribution >= 0.6 is 0 Å². The van der Waals surface area contributed by atoms with Gasteiger partial charge in [0.05, 0.1) is 6.42 Å². The average Bonchev–Trinajstić information content (AvgIpc) is 2.27. The van der Waals surface area contributed by atoms with Gasteiger partial charge in [0.25, 0.3) is 0 Å². The summed E-state index contributed by atoms with van der Waals surface area (Å²) in [6, 6.07) is -0.573. The minimum Gasteiger partial charge on any atom is -0.481 e. The van der Waals surface area contributed by atoms with Crippen molar-refractivity contribution in [2.75, 3.05) is 13.1 Å². The summed E-state index contributed by atoms with van der Waals surface area (Å²) in [5.41, 5.74) is 0. The SMILES string of the molecule is C=CCN(CCC)C(=O)NC(CC(=O)O)C(C)C. The van der Waals surface area contributed by atoms with E-state index in [0.717, 1.165) is 6.42 Å². The molecule has 0 aliphatic heterocycles. The van der Waals surface area contributed by atoms with Crippen LogP contribution in [-0.4, -0.2) is 41.1 Å². The molecule has 0 saturated heterocycles. The van der Waals surface area contributed by atoms with Gasteiger partial charge >= 0.3 is 12.0 Å². The second-order valence-electron chi connectivity index (χ2n) is 4.63. The molecule has 0 bridgehead atoms. The molecule has 5 heteroatoms. The van der Waals surface area contributed by atoms with Gasteiger partial charge in [-0.1, -0.05) is 26.8 Å². The van der Waals surface area contributed by atoms with Gasteiger partial charge < -0.3 is 15.3 Å². The van der Waals surface area contributed by atoms with Gasteiger partial charge in [-0.25, -0.2) is 4.79 Å². The summed E-state index contributed by atoms with van der Waals surface area (Å²) in [5, 5.41) is 11.6. The molecule has 0 aliphatic carbocycles. The Balaban J connectivity index is 4.53. The van der Waals surface area contributed by atoms with E-state index in [1.807, 2.05) is 20.8 Å². The molecule has 0 heterocycles. The average molecular weight is 256 g/mol. The molecule has 0 aromatic carbocycles. The van der Waals surface area contributed by atoms with Crippen LogP contribution in [0.2, 0.25) is 0 Å². The lowest BCUT2D eigenvalue weighted by Crippen LogP contribution is -2.47. The van der Waals surface area contributed by atoms with Crippen molar-refractivity contribution in [3.05, 3.63) is 12.7 Å². The minimum absolute atomic E-state index is 0.0581. The Morgan fingerprint density at radius 2 is 2.06 bits per heavy atom. The number of amides is 2. The highest BCUT2D eigenvalue weighted by Crippen LogP contribution is 2.07. The third-order valence-corrected chi connectivity index (χ3v) is 2.64. The van der Waals surface area contributed by atoms with Crippen LogP contribution < -0.4 is 5.32 Å². The number of carbonyl (C=O) groups is 2.